The number of nitrogens with zero attached hydrogens (tertiary/aromatic N) is 1. The van der Waals surface area contributed by atoms with Crippen molar-refractivity contribution in [3.8, 4) is 16.9 Å². The molecule has 1 N–H and O–H groups in total. The Morgan fingerprint density at radius 1 is 1.08 bits per heavy atom. The third-order valence-electron chi connectivity index (χ3n) is 4.32. The van der Waals surface area contributed by atoms with Crippen molar-refractivity contribution in [3.63, 3.8) is 0 Å². The molecule has 136 valence electrons. The van der Waals surface area contributed by atoms with Gasteiger partial charge in [0.15, 0.2) is 5.60 Å². The van der Waals surface area contributed by atoms with E-state index in [1.54, 1.807) is 44.4 Å². The highest BCUT2D eigenvalue weighted by Crippen LogP contribution is 2.44. The molecule has 0 saturated carbocycles. The second kappa shape index (κ2) is 6.67. The van der Waals surface area contributed by atoms with Gasteiger partial charge in [-0.2, -0.15) is 13.2 Å². The third kappa shape index (κ3) is 4.12. The number of alkyl halides is 3. The highest BCUT2D eigenvalue weighted by atomic mass is 19.4. The summed E-state index contributed by atoms with van der Waals surface area (Å²) in [5.41, 5.74) is -1.50. The molecular weight excluding hydrogens is 331 g/mol. The summed E-state index contributed by atoms with van der Waals surface area (Å²) in [4.78, 5) is 4.07. The fourth-order valence-electron chi connectivity index (χ4n) is 3.01. The van der Waals surface area contributed by atoms with Gasteiger partial charge < -0.3 is 9.84 Å². The van der Waals surface area contributed by atoms with Crippen LogP contribution in [0, 0.1) is 0 Å². The zero-order valence-electron chi connectivity index (χ0n) is 14.7. The van der Waals surface area contributed by atoms with Gasteiger partial charge in [0.1, 0.15) is 5.75 Å². The number of aromatic nitrogens is 1. The Hall–Kier alpha value is -2.08. The SMILES string of the molecule is COc1ccc(-c2cccnc2)cc1C(C)(C)CC(C)(O)C(F)(F)F. The van der Waals surface area contributed by atoms with Gasteiger partial charge in [-0.25, -0.2) is 0 Å². The van der Waals surface area contributed by atoms with Crippen LogP contribution >= 0.6 is 0 Å². The monoisotopic (exact) mass is 353 g/mol. The number of halogens is 3. The van der Waals surface area contributed by atoms with Crippen LogP contribution in [-0.2, 0) is 5.41 Å². The van der Waals surface area contributed by atoms with E-state index in [0.717, 1.165) is 18.1 Å². The van der Waals surface area contributed by atoms with E-state index in [1.165, 1.54) is 7.11 Å². The molecular formula is C19H22F3NO2. The summed E-state index contributed by atoms with van der Waals surface area (Å²) >= 11 is 0. The molecule has 2 aromatic rings. The van der Waals surface area contributed by atoms with Gasteiger partial charge in [-0.05, 0) is 42.5 Å². The van der Waals surface area contributed by atoms with Crippen molar-refractivity contribution in [1.82, 2.24) is 4.98 Å². The number of hydrogen-bond donors (Lipinski definition) is 1. The molecule has 0 fully saturated rings. The first-order valence-electron chi connectivity index (χ1n) is 7.86. The molecule has 0 saturated heterocycles. The van der Waals surface area contributed by atoms with E-state index < -0.39 is 23.6 Å². The van der Waals surface area contributed by atoms with Crippen molar-refractivity contribution < 1.29 is 23.0 Å². The zero-order chi connectivity index (χ0) is 18.9. The Labute approximate surface area is 145 Å². The van der Waals surface area contributed by atoms with Gasteiger partial charge in [-0.3, -0.25) is 4.98 Å². The van der Waals surface area contributed by atoms with E-state index in [0.29, 0.717) is 11.3 Å². The quantitative estimate of drug-likeness (QED) is 0.844. The lowest BCUT2D eigenvalue weighted by atomic mass is 9.74. The molecule has 0 aliphatic rings. The molecule has 3 nitrogen and oxygen atoms in total. The highest BCUT2D eigenvalue weighted by Gasteiger charge is 2.52. The Morgan fingerprint density at radius 3 is 2.28 bits per heavy atom. The first-order valence-corrected chi connectivity index (χ1v) is 7.86. The Bertz CT molecular complexity index is 725. The maximum atomic E-state index is 13.1. The average molecular weight is 353 g/mol. The lowest BCUT2D eigenvalue weighted by molar-refractivity contribution is -0.259. The molecule has 1 heterocycles. The summed E-state index contributed by atoms with van der Waals surface area (Å²) in [6.07, 6.45) is -1.86. The maximum Gasteiger partial charge on any atom is 0.416 e. The van der Waals surface area contributed by atoms with E-state index in [1.807, 2.05) is 12.1 Å². The number of aliphatic hydroxyl groups is 1. The van der Waals surface area contributed by atoms with Gasteiger partial charge >= 0.3 is 6.18 Å². The van der Waals surface area contributed by atoms with Gasteiger partial charge in [0.2, 0.25) is 0 Å². The van der Waals surface area contributed by atoms with E-state index in [2.05, 4.69) is 4.98 Å². The summed E-state index contributed by atoms with van der Waals surface area (Å²) in [6, 6.07) is 9.01. The van der Waals surface area contributed by atoms with Gasteiger partial charge in [-0.1, -0.05) is 26.0 Å². The molecule has 0 bridgehead atoms. The molecule has 6 heteroatoms. The molecule has 1 atom stereocenters. The molecule has 1 unspecified atom stereocenters. The summed E-state index contributed by atoms with van der Waals surface area (Å²) in [5, 5.41) is 9.92. The smallest absolute Gasteiger partial charge is 0.416 e. The van der Waals surface area contributed by atoms with Crippen LogP contribution in [0.1, 0.15) is 32.8 Å². The molecule has 2 rings (SSSR count). The minimum absolute atomic E-state index is 0.482. The van der Waals surface area contributed by atoms with Crippen LogP contribution in [-0.4, -0.2) is 29.0 Å². The Kier molecular flexibility index (Phi) is 5.14. The lowest BCUT2D eigenvalue weighted by Crippen LogP contribution is -2.46. The van der Waals surface area contributed by atoms with Crippen LogP contribution in [0.3, 0.4) is 0 Å². The van der Waals surface area contributed by atoms with Gasteiger partial charge in [-0.15, -0.1) is 0 Å². The van der Waals surface area contributed by atoms with E-state index in [9.17, 15) is 18.3 Å². The van der Waals surface area contributed by atoms with Crippen molar-refractivity contribution in [2.75, 3.05) is 7.11 Å². The van der Waals surface area contributed by atoms with E-state index >= 15 is 0 Å². The van der Waals surface area contributed by atoms with Crippen molar-refractivity contribution in [2.24, 2.45) is 0 Å². The fourth-order valence-corrected chi connectivity index (χ4v) is 3.01. The molecule has 0 radical (unpaired) electrons. The topological polar surface area (TPSA) is 42.4 Å². The Morgan fingerprint density at radius 2 is 1.76 bits per heavy atom. The minimum Gasteiger partial charge on any atom is -0.496 e. The number of benzene rings is 1. The third-order valence-corrected chi connectivity index (χ3v) is 4.32. The van der Waals surface area contributed by atoms with Gasteiger partial charge in [0.25, 0.3) is 0 Å². The van der Waals surface area contributed by atoms with Crippen LogP contribution in [0.15, 0.2) is 42.7 Å². The zero-order valence-corrected chi connectivity index (χ0v) is 14.7. The largest absolute Gasteiger partial charge is 0.496 e. The van der Waals surface area contributed by atoms with Crippen LogP contribution in [0.25, 0.3) is 11.1 Å². The second-order valence-corrected chi connectivity index (χ2v) is 6.99. The Balaban J connectivity index is 2.48. The van der Waals surface area contributed by atoms with E-state index in [4.69, 9.17) is 4.74 Å². The minimum atomic E-state index is -4.71. The first kappa shape index (κ1) is 19.2. The summed E-state index contributed by atoms with van der Waals surface area (Å²) < 4.78 is 44.7. The average Bonchev–Trinajstić information content (AvgIpc) is 2.53. The molecule has 1 aromatic carbocycles. The number of rotatable bonds is 5. The van der Waals surface area contributed by atoms with Gasteiger partial charge in [0, 0.05) is 23.5 Å². The van der Waals surface area contributed by atoms with Crippen LogP contribution < -0.4 is 4.74 Å². The van der Waals surface area contributed by atoms with Crippen LogP contribution in [0.4, 0.5) is 13.2 Å². The van der Waals surface area contributed by atoms with Crippen molar-refractivity contribution in [3.05, 3.63) is 48.3 Å². The second-order valence-electron chi connectivity index (χ2n) is 6.99. The lowest BCUT2D eigenvalue weighted by Gasteiger charge is -2.36. The highest BCUT2D eigenvalue weighted by molar-refractivity contribution is 5.65. The molecule has 0 aliphatic heterocycles. The van der Waals surface area contributed by atoms with Crippen LogP contribution in [0.2, 0.25) is 0 Å². The standard InChI is InChI=1S/C19H22F3NO2/c1-17(2,12-18(3,24)19(20,21)22)15-10-13(7-8-16(15)25-4)14-6-5-9-23-11-14/h5-11,24H,12H2,1-4H3. The fraction of sp³-hybridized carbons (Fsp3) is 0.421. The van der Waals surface area contributed by atoms with Crippen molar-refractivity contribution in [1.29, 1.82) is 0 Å². The van der Waals surface area contributed by atoms with Crippen LogP contribution in [0.5, 0.6) is 5.75 Å². The first-order chi connectivity index (χ1) is 11.5. The maximum absolute atomic E-state index is 13.1. The normalized spacial score (nSPS) is 14.9. The number of ether oxygens (including phenoxy) is 1. The summed E-state index contributed by atoms with van der Waals surface area (Å²) in [7, 11) is 1.47. The molecule has 25 heavy (non-hydrogen) atoms. The number of methoxy groups -OCH3 is 1. The molecule has 0 spiro atoms. The summed E-state index contributed by atoms with van der Waals surface area (Å²) in [5.74, 6) is 0.482. The molecule has 0 aliphatic carbocycles. The number of pyridine rings is 1. The number of hydrogen-bond acceptors (Lipinski definition) is 3. The predicted molar refractivity (Wildman–Crippen MR) is 90.5 cm³/mol. The predicted octanol–water partition coefficient (Wildman–Crippen LogP) is 4.74. The van der Waals surface area contributed by atoms with E-state index in [-0.39, 0.29) is 0 Å². The van der Waals surface area contributed by atoms with Gasteiger partial charge in [0.05, 0.1) is 7.11 Å². The molecule has 1 aromatic heterocycles. The summed E-state index contributed by atoms with van der Waals surface area (Å²) in [6.45, 7) is 4.13. The van der Waals surface area contributed by atoms with Crippen molar-refractivity contribution in [2.45, 2.75) is 44.4 Å². The van der Waals surface area contributed by atoms with Crippen molar-refractivity contribution >= 4 is 0 Å². The molecule has 0 amide bonds.